The van der Waals surface area contributed by atoms with Crippen molar-refractivity contribution in [2.24, 2.45) is 5.92 Å². The van der Waals surface area contributed by atoms with Crippen LogP contribution in [-0.4, -0.2) is 43.2 Å². The molecule has 2 aromatic carbocycles. The van der Waals surface area contributed by atoms with Gasteiger partial charge in [-0.3, -0.25) is 14.3 Å². The fourth-order valence-corrected chi connectivity index (χ4v) is 5.62. The fraction of sp³-hybridized carbons (Fsp3) is 0.345. The summed E-state index contributed by atoms with van der Waals surface area (Å²) in [6, 6.07) is 13.9. The molecule has 0 atom stereocenters. The Labute approximate surface area is 233 Å². The highest BCUT2D eigenvalue weighted by Crippen LogP contribution is 2.39. The number of carboxylic acids is 1. The topological polar surface area (TPSA) is 91.2 Å². The van der Waals surface area contributed by atoms with Gasteiger partial charge < -0.3 is 15.0 Å². The highest BCUT2D eigenvalue weighted by atomic mass is 35.5. The van der Waals surface area contributed by atoms with Crippen molar-refractivity contribution in [1.82, 2.24) is 19.7 Å². The molecule has 1 amide bonds. The molecule has 0 saturated heterocycles. The lowest BCUT2D eigenvalue weighted by molar-refractivity contribution is -0.147. The Hall–Kier alpha value is -3.79. The van der Waals surface area contributed by atoms with Crippen molar-refractivity contribution in [3.05, 3.63) is 88.3 Å². The number of aromatic nitrogens is 3. The van der Waals surface area contributed by atoms with Crippen molar-refractivity contribution >= 4 is 34.4 Å². The van der Waals surface area contributed by atoms with Crippen LogP contribution in [0.5, 0.6) is 0 Å². The van der Waals surface area contributed by atoms with E-state index in [1.165, 1.54) is 4.90 Å². The first-order chi connectivity index (χ1) is 19.1. The van der Waals surface area contributed by atoms with Gasteiger partial charge in [0.1, 0.15) is 0 Å². The van der Waals surface area contributed by atoms with E-state index in [1.807, 2.05) is 30.5 Å². The van der Waals surface area contributed by atoms with Crippen LogP contribution in [0.25, 0.3) is 10.9 Å². The monoisotopic (exact) mass is 572 g/mol. The smallest absolute Gasteiger partial charge is 0.433 e. The maximum Gasteiger partial charge on any atom is 0.433 e. The molecule has 4 aromatic rings. The van der Waals surface area contributed by atoms with Gasteiger partial charge in [0, 0.05) is 29.8 Å². The maximum absolute atomic E-state index is 14.4. The molecule has 1 fully saturated rings. The molecular weight excluding hydrogens is 545 g/mol. The third-order valence-electron chi connectivity index (χ3n) is 7.58. The largest absolute Gasteiger partial charge is 0.481 e. The van der Waals surface area contributed by atoms with Crippen molar-refractivity contribution in [3.8, 4) is 0 Å². The van der Waals surface area contributed by atoms with Gasteiger partial charge in [-0.1, -0.05) is 41.9 Å². The van der Waals surface area contributed by atoms with E-state index in [2.05, 4.69) is 10.1 Å². The molecule has 1 aliphatic rings. The highest BCUT2D eigenvalue weighted by Gasteiger charge is 2.43. The van der Waals surface area contributed by atoms with E-state index >= 15 is 0 Å². The lowest BCUT2D eigenvalue weighted by Gasteiger charge is -2.28. The third-order valence-corrected chi connectivity index (χ3v) is 7.84. The van der Waals surface area contributed by atoms with Gasteiger partial charge in [0.15, 0.2) is 5.69 Å². The second-order valence-electron chi connectivity index (χ2n) is 10.2. The van der Waals surface area contributed by atoms with Gasteiger partial charge in [0.25, 0.3) is 5.91 Å². The van der Waals surface area contributed by atoms with Crippen LogP contribution in [0.1, 0.15) is 58.9 Å². The highest BCUT2D eigenvalue weighted by molar-refractivity contribution is 6.30. The van der Waals surface area contributed by atoms with Crippen LogP contribution < -0.4 is 0 Å². The maximum atomic E-state index is 14.4. The zero-order valence-corrected chi connectivity index (χ0v) is 22.3. The lowest BCUT2D eigenvalue weighted by Crippen LogP contribution is -2.34. The number of nitrogens with one attached hydrogen (secondary N) is 1. The van der Waals surface area contributed by atoms with Crippen molar-refractivity contribution in [2.45, 2.75) is 50.9 Å². The molecule has 1 saturated carbocycles. The van der Waals surface area contributed by atoms with Crippen molar-refractivity contribution in [1.29, 1.82) is 0 Å². The molecule has 0 bridgehead atoms. The summed E-state index contributed by atoms with van der Waals surface area (Å²) in [5.74, 6) is -2.30. The number of alkyl halides is 3. The molecule has 2 aromatic heterocycles. The summed E-state index contributed by atoms with van der Waals surface area (Å²) in [7, 11) is 0. The zero-order valence-electron chi connectivity index (χ0n) is 21.5. The van der Waals surface area contributed by atoms with Crippen LogP contribution in [-0.2, 0) is 23.9 Å². The molecule has 1 aliphatic carbocycles. The Kier molecular flexibility index (Phi) is 7.89. The summed E-state index contributed by atoms with van der Waals surface area (Å²) in [6.07, 6.45) is -0.596. The van der Waals surface area contributed by atoms with E-state index in [1.54, 1.807) is 24.3 Å². The van der Waals surface area contributed by atoms with Crippen molar-refractivity contribution in [2.75, 3.05) is 6.54 Å². The van der Waals surface area contributed by atoms with Crippen molar-refractivity contribution in [3.63, 3.8) is 0 Å². The van der Waals surface area contributed by atoms with Crippen LogP contribution in [0.2, 0.25) is 5.02 Å². The minimum Gasteiger partial charge on any atom is -0.481 e. The van der Waals surface area contributed by atoms with Crippen LogP contribution in [0.4, 0.5) is 13.2 Å². The Morgan fingerprint density at radius 3 is 2.48 bits per heavy atom. The van der Waals surface area contributed by atoms with Gasteiger partial charge in [0.05, 0.1) is 23.7 Å². The SMILES string of the molecule is O=C(c1cnn([C@H]2CC[C@H](C(=O)O)CC2)c1C(F)(F)F)N(CCc1cccc2cc[nH]c12)Cc1ccc(Cl)cc1. The summed E-state index contributed by atoms with van der Waals surface area (Å²) in [6.45, 7) is 0.259. The molecule has 2 N–H and O–H groups in total. The molecular formula is C29H28ClF3N4O3. The first kappa shape index (κ1) is 27.8. The quantitative estimate of drug-likeness (QED) is 0.245. The zero-order chi connectivity index (χ0) is 28.4. The van der Waals surface area contributed by atoms with Crippen LogP contribution in [0.15, 0.2) is 60.9 Å². The lowest BCUT2D eigenvalue weighted by atomic mass is 9.86. The summed E-state index contributed by atoms with van der Waals surface area (Å²) in [5, 5.41) is 14.8. The third kappa shape index (κ3) is 5.86. The number of fused-ring (bicyclic) bond motifs is 1. The normalized spacial score (nSPS) is 17.7. The number of aromatic amines is 1. The predicted octanol–water partition coefficient (Wildman–Crippen LogP) is 6.74. The molecule has 7 nitrogen and oxygen atoms in total. The number of H-pyrrole nitrogens is 1. The van der Waals surface area contributed by atoms with Gasteiger partial charge in [-0.05, 0) is 66.8 Å². The summed E-state index contributed by atoms with van der Waals surface area (Å²) < 4.78 is 44.2. The Bertz CT molecular complexity index is 1500. The number of carboxylic acid groups (broad SMARTS) is 1. The molecule has 40 heavy (non-hydrogen) atoms. The fourth-order valence-electron chi connectivity index (χ4n) is 5.49. The molecule has 0 radical (unpaired) electrons. The first-order valence-corrected chi connectivity index (χ1v) is 13.5. The number of para-hydroxylation sites is 1. The number of hydrogen-bond acceptors (Lipinski definition) is 3. The second kappa shape index (κ2) is 11.4. The van der Waals surface area contributed by atoms with Gasteiger partial charge in [0.2, 0.25) is 0 Å². The van der Waals surface area contributed by atoms with Gasteiger partial charge in [-0.2, -0.15) is 18.3 Å². The van der Waals surface area contributed by atoms with E-state index in [4.69, 9.17) is 11.6 Å². The minimum atomic E-state index is -4.83. The molecule has 0 spiro atoms. The average Bonchev–Trinajstić information content (AvgIpc) is 3.60. The van der Waals surface area contributed by atoms with E-state index in [9.17, 15) is 27.9 Å². The summed E-state index contributed by atoms with van der Waals surface area (Å²) in [4.78, 5) is 29.7. The molecule has 5 rings (SSSR count). The van der Waals surface area contributed by atoms with Gasteiger partial charge in [-0.25, -0.2) is 0 Å². The first-order valence-electron chi connectivity index (χ1n) is 13.1. The van der Waals surface area contributed by atoms with E-state index in [0.29, 0.717) is 11.4 Å². The van der Waals surface area contributed by atoms with Crippen molar-refractivity contribution < 1.29 is 27.9 Å². The number of aliphatic carboxylic acids is 1. The van der Waals surface area contributed by atoms with Crippen LogP contribution in [0, 0.1) is 5.92 Å². The van der Waals surface area contributed by atoms with Gasteiger partial charge >= 0.3 is 12.1 Å². The van der Waals surface area contributed by atoms with Crippen LogP contribution >= 0.6 is 11.6 Å². The Morgan fingerprint density at radius 1 is 1.07 bits per heavy atom. The molecule has 0 unspecified atom stereocenters. The molecule has 2 heterocycles. The second-order valence-corrected chi connectivity index (χ2v) is 10.6. The number of amides is 1. The Balaban J connectivity index is 1.45. The number of rotatable bonds is 8. The molecule has 11 heteroatoms. The van der Waals surface area contributed by atoms with Crippen LogP contribution in [0.3, 0.4) is 0 Å². The summed E-state index contributed by atoms with van der Waals surface area (Å²) >= 11 is 6.01. The standard InChI is InChI=1S/C29H28ClF3N4O3/c30-22-8-4-18(5-9-22)17-36(15-13-20-3-1-2-19-12-14-34-25(19)20)27(38)24-16-35-37(26(24)29(31,32)33)23-10-6-21(7-11-23)28(39)40/h1-5,8-9,12,14,16,21,23,34H,6-7,10-11,13,15,17H2,(H,39,40)/t21-,23-. The average molecular weight is 573 g/mol. The predicted molar refractivity (Wildman–Crippen MR) is 144 cm³/mol. The summed E-state index contributed by atoms with van der Waals surface area (Å²) in [5.41, 5.74) is 0.980. The minimum absolute atomic E-state index is 0.0862. The van der Waals surface area contributed by atoms with Gasteiger partial charge in [-0.15, -0.1) is 0 Å². The number of hydrogen-bond donors (Lipinski definition) is 2. The van der Waals surface area contributed by atoms with E-state index in [-0.39, 0.29) is 38.8 Å². The Morgan fingerprint density at radius 2 is 1.80 bits per heavy atom. The number of carbonyl (C=O) groups is 2. The molecule has 210 valence electrons. The molecule has 0 aliphatic heterocycles. The number of halogens is 4. The number of nitrogens with zero attached hydrogens (tertiary/aromatic N) is 3. The number of carbonyl (C=O) groups excluding carboxylic acids is 1. The van der Waals surface area contributed by atoms with E-state index < -0.39 is 41.3 Å². The number of benzene rings is 2. The van der Waals surface area contributed by atoms with E-state index in [0.717, 1.165) is 32.9 Å².